The number of anilines is 1. The van der Waals surface area contributed by atoms with E-state index in [9.17, 15) is 13.2 Å². The Morgan fingerprint density at radius 2 is 1.67 bits per heavy atom. The second-order valence-electron chi connectivity index (χ2n) is 6.45. The maximum atomic E-state index is 12.8. The Bertz CT molecular complexity index is 905. The fourth-order valence-corrected chi connectivity index (χ4v) is 4.51. The average molecular weight is 390 g/mol. The van der Waals surface area contributed by atoms with E-state index in [0.717, 1.165) is 5.56 Å². The number of nitrogens with one attached hydrogen (secondary N) is 1. The molecule has 7 heteroatoms. The molecule has 1 amide bonds. The van der Waals surface area contributed by atoms with Gasteiger partial charge in [-0.25, -0.2) is 8.42 Å². The summed E-state index contributed by atoms with van der Waals surface area (Å²) in [5.41, 5.74) is 8.85. The fourth-order valence-electron chi connectivity index (χ4n) is 2.80. The molecule has 0 radical (unpaired) electrons. The van der Waals surface area contributed by atoms with Crippen molar-refractivity contribution in [2.45, 2.75) is 38.6 Å². The minimum absolute atomic E-state index is 0.188. The van der Waals surface area contributed by atoms with E-state index in [0.29, 0.717) is 29.9 Å². The molecule has 146 valence electrons. The van der Waals surface area contributed by atoms with E-state index >= 15 is 0 Å². The standard InChI is InChI=1S/C20H27N3O3S/c1-5-23(6-2)27(25,26)18-13-17(12-9-15(18)4)22-20(24)19(21)16-10-7-14(3)8-11-16/h7-13,19H,5-6,21H2,1-4H3,(H,22,24). The Hall–Kier alpha value is -2.22. The molecule has 0 spiro atoms. The molecule has 1 atom stereocenters. The molecule has 0 heterocycles. The van der Waals surface area contributed by atoms with Crippen molar-refractivity contribution in [2.75, 3.05) is 18.4 Å². The molecule has 0 saturated carbocycles. The molecule has 2 aromatic rings. The van der Waals surface area contributed by atoms with Gasteiger partial charge in [0.25, 0.3) is 0 Å². The molecule has 0 aliphatic rings. The van der Waals surface area contributed by atoms with Crippen LogP contribution >= 0.6 is 0 Å². The lowest BCUT2D eigenvalue weighted by atomic mass is 10.1. The van der Waals surface area contributed by atoms with Gasteiger partial charge in [0, 0.05) is 18.8 Å². The molecule has 3 N–H and O–H groups in total. The van der Waals surface area contributed by atoms with Crippen LogP contribution in [-0.4, -0.2) is 31.7 Å². The molecule has 27 heavy (non-hydrogen) atoms. The van der Waals surface area contributed by atoms with Crippen molar-refractivity contribution < 1.29 is 13.2 Å². The molecule has 0 fully saturated rings. The third kappa shape index (κ3) is 4.74. The molecule has 0 aliphatic heterocycles. The summed E-state index contributed by atoms with van der Waals surface area (Å²) in [5.74, 6) is -0.395. The Morgan fingerprint density at radius 3 is 2.22 bits per heavy atom. The van der Waals surface area contributed by atoms with Crippen molar-refractivity contribution >= 4 is 21.6 Å². The van der Waals surface area contributed by atoms with Gasteiger partial charge in [-0.05, 0) is 37.1 Å². The van der Waals surface area contributed by atoms with Crippen LogP contribution in [0.25, 0.3) is 0 Å². The SMILES string of the molecule is CCN(CC)S(=O)(=O)c1cc(NC(=O)C(N)c2ccc(C)cc2)ccc1C. The quantitative estimate of drug-likeness (QED) is 0.761. The van der Waals surface area contributed by atoms with Gasteiger partial charge in [0.2, 0.25) is 15.9 Å². The van der Waals surface area contributed by atoms with Gasteiger partial charge in [0.1, 0.15) is 6.04 Å². The zero-order chi connectivity index (χ0) is 20.2. The van der Waals surface area contributed by atoms with Gasteiger partial charge in [-0.1, -0.05) is 49.7 Å². The number of nitrogens with zero attached hydrogens (tertiary/aromatic N) is 1. The lowest BCUT2D eigenvalue weighted by Gasteiger charge is -2.20. The Balaban J connectivity index is 2.27. The number of carbonyl (C=O) groups is 1. The summed E-state index contributed by atoms with van der Waals surface area (Å²) < 4.78 is 27.0. The minimum Gasteiger partial charge on any atom is -0.324 e. The van der Waals surface area contributed by atoms with E-state index in [2.05, 4.69) is 5.32 Å². The van der Waals surface area contributed by atoms with Crippen LogP contribution < -0.4 is 11.1 Å². The first-order valence-electron chi connectivity index (χ1n) is 8.94. The van der Waals surface area contributed by atoms with Gasteiger partial charge in [-0.3, -0.25) is 4.79 Å². The molecule has 6 nitrogen and oxygen atoms in total. The third-order valence-electron chi connectivity index (χ3n) is 4.50. The van der Waals surface area contributed by atoms with Crippen molar-refractivity contribution in [3.8, 4) is 0 Å². The lowest BCUT2D eigenvalue weighted by molar-refractivity contribution is -0.117. The number of benzene rings is 2. The fraction of sp³-hybridized carbons (Fsp3) is 0.350. The van der Waals surface area contributed by atoms with Crippen LogP contribution in [0.1, 0.15) is 36.6 Å². The van der Waals surface area contributed by atoms with E-state index in [1.807, 2.05) is 31.2 Å². The maximum absolute atomic E-state index is 12.8. The predicted octanol–water partition coefficient (Wildman–Crippen LogP) is 2.97. The normalized spacial score (nSPS) is 12.8. The smallest absolute Gasteiger partial charge is 0.245 e. The number of sulfonamides is 1. The molecule has 0 bridgehead atoms. The van der Waals surface area contributed by atoms with Gasteiger partial charge < -0.3 is 11.1 Å². The molecule has 0 aliphatic carbocycles. The molecular weight excluding hydrogens is 362 g/mol. The highest BCUT2D eigenvalue weighted by Crippen LogP contribution is 2.24. The summed E-state index contributed by atoms with van der Waals surface area (Å²) >= 11 is 0. The Kier molecular flexibility index (Phi) is 6.75. The topological polar surface area (TPSA) is 92.5 Å². The van der Waals surface area contributed by atoms with E-state index in [-0.39, 0.29) is 4.90 Å². The Labute approximate surface area is 161 Å². The molecular formula is C20H27N3O3S. The summed E-state index contributed by atoms with van der Waals surface area (Å²) in [4.78, 5) is 12.7. The third-order valence-corrected chi connectivity index (χ3v) is 6.69. The van der Waals surface area contributed by atoms with Crippen molar-refractivity contribution in [3.05, 3.63) is 59.2 Å². The van der Waals surface area contributed by atoms with Crippen molar-refractivity contribution in [2.24, 2.45) is 5.73 Å². The number of aryl methyl sites for hydroxylation is 2. The van der Waals surface area contributed by atoms with Crippen LogP contribution in [0.15, 0.2) is 47.4 Å². The number of rotatable bonds is 7. The van der Waals surface area contributed by atoms with E-state index in [1.165, 1.54) is 10.4 Å². The summed E-state index contributed by atoms with van der Waals surface area (Å²) in [6.45, 7) is 8.05. The van der Waals surface area contributed by atoms with Crippen LogP contribution in [0.5, 0.6) is 0 Å². The largest absolute Gasteiger partial charge is 0.324 e. The first-order valence-corrected chi connectivity index (χ1v) is 10.4. The Morgan fingerprint density at radius 1 is 1.07 bits per heavy atom. The summed E-state index contributed by atoms with van der Waals surface area (Å²) in [7, 11) is -3.62. The lowest BCUT2D eigenvalue weighted by Crippen LogP contribution is -2.31. The van der Waals surface area contributed by atoms with Gasteiger partial charge in [0.15, 0.2) is 0 Å². The van der Waals surface area contributed by atoms with E-state index < -0.39 is 22.0 Å². The minimum atomic E-state index is -3.62. The van der Waals surface area contributed by atoms with Crippen molar-refractivity contribution in [1.29, 1.82) is 0 Å². The number of hydrogen-bond donors (Lipinski definition) is 2. The highest BCUT2D eigenvalue weighted by molar-refractivity contribution is 7.89. The highest BCUT2D eigenvalue weighted by Gasteiger charge is 2.24. The monoisotopic (exact) mass is 389 g/mol. The molecule has 0 aromatic heterocycles. The van der Waals surface area contributed by atoms with Crippen LogP contribution in [0.2, 0.25) is 0 Å². The van der Waals surface area contributed by atoms with Gasteiger partial charge in [-0.15, -0.1) is 0 Å². The second-order valence-corrected chi connectivity index (χ2v) is 8.35. The van der Waals surface area contributed by atoms with E-state index in [4.69, 9.17) is 5.73 Å². The number of amides is 1. The number of nitrogens with two attached hydrogens (primary N) is 1. The van der Waals surface area contributed by atoms with Gasteiger partial charge in [0.05, 0.1) is 4.90 Å². The summed E-state index contributed by atoms with van der Waals surface area (Å²) in [5, 5.41) is 2.72. The van der Waals surface area contributed by atoms with Crippen molar-refractivity contribution in [1.82, 2.24) is 4.31 Å². The van der Waals surface area contributed by atoms with Crippen LogP contribution in [0.3, 0.4) is 0 Å². The van der Waals surface area contributed by atoms with Crippen LogP contribution in [-0.2, 0) is 14.8 Å². The molecule has 2 aromatic carbocycles. The average Bonchev–Trinajstić information content (AvgIpc) is 2.64. The predicted molar refractivity (Wildman–Crippen MR) is 108 cm³/mol. The second kappa shape index (κ2) is 8.65. The summed E-state index contributed by atoms with van der Waals surface area (Å²) in [6.07, 6.45) is 0. The summed E-state index contributed by atoms with van der Waals surface area (Å²) in [6, 6.07) is 11.4. The first-order chi connectivity index (χ1) is 12.7. The highest BCUT2D eigenvalue weighted by atomic mass is 32.2. The number of carbonyl (C=O) groups excluding carboxylic acids is 1. The zero-order valence-electron chi connectivity index (χ0n) is 16.2. The van der Waals surface area contributed by atoms with Crippen molar-refractivity contribution in [3.63, 3.8) is 0 Å². The number of hydrogen-bond acceptors (Lipinski definition) is 4. The van der Waals surface area contributed by atoms with Crippen LogP contribution in [0, 0.1) is 13.8 Å². The zero-order valence-corrected chi connectivity index (χ0v) is 17.0. The van der Waals surface area contributed by atoms with Gasteiger partial charge in [-0.2, -0.15) is 4.31 Å². The van der Waals surface area contributed by atoms with E-state index in [1.54, 1.807) is 32.9 Å². The maximum Gasteiger partial charge on any atom is 0.245 e. The van der Waals surface area contributed by atoms with Gasteiger partial charge >= 0.3 is 0 Å². The molecule has 1 unspecified atom stereocenters. The molecule has 2 rings (SSSR count). The van der Waals surface area contributed by atoms with Crippen LogP contribution in [0.4, 0.5) is 5.69 Å². The molecule has 0 saturated heterocycles. The first kappa shape index (κ1) is 21.1.